The first kappa shape index (κ1) is 12.1. The Bertz CT molecular complexity index is 342. The van der Waals surface area contributed by atoms with Crippen molar-refractivity contribution in [1.29, 1.82) is 0 Å². The molecule has 4 heteroatoms. The van der Waals surface area contributed by atoms with Crippen molar-refractivity contribution in [2.45, 2.75) is 19.4 Å². The number of benzene rings is 1. The van der Waals surface area contributed by atoms with Crippen LogP contribution in [0.1, 0.15) is 24.0 Å². The van der Waals surface area contributed by atoms with Crippen molar-refractivity contribution in [2.75, 3.05) is 13.7 Å². The lowest BCUT2D eigenvalue weighted by atomic mass is 9.99. The highest BCUT2D eigenvalue weighted by Gasteiger charge is 2.16. The lowest BCUT2D eigenvalue weighted by Gasteiger charge is -2.12. The second-order valence-electron chi connectivity index (χ2n) is 3.51. The summed E-state index contributed by atoms with van der Waals surface area (Å²) in [5.41, 5.74) is 5.95. The molecule has 1 aromatic carbocycles. The summed E-state index contributed by atoms with van der Waals surface area (Å²) in [6.45, 7) is 2.12. The van der Waals surface area contributed by atoms with Gasteiger partial charge in [0.1, 0.15) is 0 Å². The van der Waals surface area contributed by atoms with Crippen molar-refractivity contribution < 1.29 is 13.5 Å². The van der Waals surface area contributed by atoms with Crippen molar-refractivity contribution in [2.24, 2.45) is 5.73 Å². The largest absolute Gasteiger partial charge is 0.380 e. The maximum Gasteiger partial charge on any atom is 0.164 e. The van der Waals surface area contributed by atoms with Crippen molar-refractivity contribution >= 4 is 0 Å². The first-order chi connectivity index (χ1) is 7.11. The average molecular weight is 215 g/mol. The Morgan fingerprint density at radius 1 is 1.33 bits per heavy atom. The van der Waals surface area contributed by atoms with Crippen LogP contribution in [-0.4, -0.2) is 13.7 Å². The van der Waals surface area contributed by atoms with E-state index in [0.717, 1.165) is 0 Å². The third-order valence-corrected chi connectivity index (χ3v) is 2.38. The highest BCUT2D eigenvalue weighted by Crippen LogP contribution is 2.23. The van der Waals surface area contributed by atoms with E-state index in [1.807, 2.05) is 0 Å². The Hall–Kier alpha value is -1.00. The van der Waals surface area contributed by atoms with Gasteiger partial charge in [0.2, 0.25) is 0 Å². The molecule has 2 nitrogen and oxygen atoms in total. The van der Waals surface area contributed by atoms with Crippen LogP contribution in [0.15, 0.2) is 12.1 Å². The van der Waals surface area contributed by atoms with Gasteiger partial charge in [0.05, 0.1) is 6.61 Å². The second-order valence-corrected chi connectivity index (χ2v) is 3.51. The number of ether oxygens (including phenoxy) is 1. The highest BCUT2D eigenvalue weighted by molar-refractivity contribution is 5.28. The van der Waals surface area contributed by atoms with Gasteiger partial charge in [-0.3, -0.25) is 0 Å². The van der Waals surface area contributed by atoms with Crippen molar-refractivity contribution in [3.8, 4) is 0 Å². The maximum atomic E-state index is 13.5. The van der Waals surface area contributed by atoms with Crippen LogP contribution in [0.25, 0.3) is 0 Å². The maximum absolute atomic E-state index is 13.5. The topological polar surface area (TPSA) is 35.2 Å². The molecule has 0 aliphatic rings. The molecule has 0 radical (unpaired) electrons. The summed E-state index contributed by atoms with van der Waals surface area (Å²) < 4.78 is 31.7. The zero-order chi connectivity index (χ0) is 11.4. The van der Waals surface area contributed by atoms with Crippen molar-refractivity contribution in [1.82, 2.24) is 0 Å². The van der Waals surface area contributed by atoms with Gasteiger partial charge in [-0.2, -0.15) is 0 Å². The number of halogens is 2. The molecule has 0 fully saturated rings. The van der Waals surface area contributed by atoms with E-state index in [9.17, 15) is 8.78 Å². The molecule has 0 heterocycles. The van der Waals surface area contributed by atoms with E-state index in [1.165, 1.54) is 13.2 Å². The third kappa shape index (κ3) is 2.52. The summed E-state index contributed by atoms with van der Waals surface area (Å²) in [5.74, 6) is -1.84. The normalized spacial score (nSPS) is 12.9. The van der Waals surface area contributed by atoms with Gasteiger partial charge in [0.15, 0.2) is 11.6 Å². The Labute approximate surface area is 88.0 Å². The molecule has 0 aliphatic heterocycles. The summed E-state index contributed by atoms with van der Waals surface area (Å²) >= 11 is 0. The molecular formula is C11H15F2NO. The molecule has 0 spiro atoms. The molecule has 15 heavy (non-hydrogen) atoms. The van der Waals surface area contributed by atoms with Gasteiger partial charge in [0.25, 0.3) is 0 Å². The van der Waals surface area contributed by atoms with Gasteiger partial charge in [0, 0.05) is 12.7 Å². The smallest absolute Gasteiger partial charge is 0.164 e. The van der Waals surface area contributed by atoms with Gasteiger partial charge in [-0.1, -0.05) is 19.1 Å². The zero-order valence-electron chi connectivity index (χ0n) is 8.89. The van der Waals surface area contributed by atoms with Crippen LogP contribution >= 0.6 is 0 Å². The fraction of sp³-hybridized carbons (Fsp3) is 0.455. The van der Waals surface area contributed by atoms with Gasteiger partial charge in [-0.05, 0) is 18.0 Å². The van der Waals surface area contributed by atoms with Crippen LogP contribution < -0.4 is 5.73 Å². The summed E-state index contributed by atoms with van der Waals surface area (Å²) in [6, 6.07) is 3.09. The standard InChI is InChI=1S/C11H15F2NO/c1-7(5-14)9-4-3-8(6-15-2)10(12)11(9)13/h3-4,7H,5-6,14H2,1-2H3. The van der Waals surface area contributed by atoms with E-state index >= 15 is 0 Å². The van der Waals surface area contributed by atoms with E-state index < -0.39 is 11.6 Å². The van der Waals surface area contributed by atoms with E-state index in [1.54, 1.807) is 13.0 Å². The molecular weight excluding hydrogens is 200 g/mol. The molecule has 0 aromatic heterocycles. The lowest BCUT2D eigenvalue weighted by Crippen LogP contribution is -2.12. The molecule has 2 N–H and O–H groups in total. The minimum atomic E-state index is -0.838. The van der Waals surface area contributed by atoms with E-state index in [4.69, 9.17) is 10.5 Å². The van der Waals surface area contributed by atoms with Crippen LogP contribution in [0.4, 0.5) is 8.78 Å². The van der Waals surface area contributed by atoms with Crippen molar-refractivity contribution in [3.63, 3.8) is 0 Å². The SMILES string of the molecule is COCc1ccc(C(C)CN)c(F)c1F. The molecule has 1 aromatic rings. The number of nitrogens with two attached hydrogens (primary N) is 1. The minimum absolute atomic E-state index is 0.0695. The number of methoxy groups -OCH3 is 1. The Morgan fingerprint density at radius 3 is 2.53 bits per heavy atom. The second kappa shape index (κ2) is 5.19. The van der Waals surface area contributed by atoms with Gasteiger partial charge in [-0.15, -0.1) is 0 Å². The predicted molar refractivity (Wildman–Crippen MR) is 54.5 cm³/mol. The Morgan fingerprint density at radius 2 is 2.00 bits per heavy atom. The van der Waals surface area contributed by atoms with Gasteiger partial charge >= 0.3 is 0 Å². The van der Waals surface area contributed by atoms with Gasteiger partial charge < -0.3 is 10.5 Å². The molecule has 1 unspecified atom stereocenters. The van der Waals surface area contributed by atoms with Crippen LogP contribution in [-0.2, 0) is 11.3 Å². The highest BCUT2D eigenvalue weighted by atomic mass is 19.2. The number of hydrogen-bond acceptors (Lipinski definition) is 2. The summed E-state index contributed by atoms with van der Waals surface area (Å²) in [4.78, 5) is 0. The van der Waals surface area contributed by atoms with Crippen LogP contribution in [0.3, 0.4) is 0 Å². The predicted octanol–water partition coefficient (Wildman–Crippen LogP) is 2.17. The van der Waals surface area contributed by atoms with E-state index in [2.05, 4.69) is 0 Å². The summed E-state index contributed by atoms with van der Waals surface area (Å²) in [6.07, 6.45) is 0. The zero-order valence-corrected chi connectivity index (χ0v) is 8.89. The number of rotatable bonds is 4. The van der Waals surface area contributed by atoms with E-state index in [-0.39, 0.29) is 18.1 Å². The molecule has 0 bridgehead atoms. The molecule has 0 saturated heterocycles. The third-order valence-electron chi connectivity index (χ3n) is 2.38. The van der Waals surface area contributed by atoms with Crippen LogP contribution in [0.5, 0.6) is 0 Å². The molecule has 1 atom stereocenters. The summed E-state index contributed by atoms with van der Waals surface area (Å²) in [7, 11) is 1.44. The Balaban J connectivity index is 3.09. The van der Waals surface area contributed by atoms with Crippen LogP contribution in [0.2, 0.25) is 0 Å². The molecule has 0 saturated carbocycles. The molecule has 0 aliphatic carbocycles. The fourth-order valence-electron chi connectivity index (χ4n) is 1.38. The Kier molecular flexibility index (Phi) is 4.17. The minimum Gasteiger partial charge on any atom is -0.380 e. The van der Waals surface area contributed by atoms with Gasteiger partial charge in [-0.25, -0.2) is 8.78 Å². The average Bonchev–Trinajstić information content (AvgIpc) is 2.24. The molecule has 84 valence electrons. The number of hydrogen-bond donors (Lipinski definition) is 1. The first-order valence-corrected chi connectivity index (χ1v) is 4.77. The molecule has 0 amide bonds. The monoisotopic (exact) mass is 215 g/mol. The quantitative estimate of drug-likeness (QED) is 0.835. The summed E-state index contributed by atoms with van der Waals surface area (Å²) in [5, 5.41) is 0. The lowest BCUT2D eigenvalue weighted by molar-refractivity contribution is 0.180. The van der Waals surface area contributed by atoms with E-state index in [0.29, 0.717) is 12.1 Å². The molecule has 1 rings (SSSR count). The van der Waals surface area contributed by atoms with Crippen LogP contribution in [0, 0.1) is 11.6 Å². The fourth-order valence-corrected chi connectivity index (χ4v) is 1.38. The van der Waals surface area contributed by atoms with Crippen molar-refractivity contribution in [3.05, 3.63) is 34.9 Å². The first-order valence-electron chi connectivity index (χ1n) is 4.77.